The van der Waals surface area contributed by atoms with Crippen molar-refractivity contribution in [2.75, 3.05) is 26.8 Å². The average molecular weight is 215 g/mol. The van der Waals surface area contributed by atoms with E-state index in [1.54, 1.807) is 0 Å². The molecule has 0 bridgehead atoms. The monoisotopic (exact) mass is 215 g/mol. The fraction of sp³-hybridized carbons (Fsp3) is 0.909. The minimum atomic E-state index is -0.153. The molecule has 0 aliphatic carbocycles. The third-order valence-electron chi connectivity index (χ3n) is 2.80. The molecular weight excluding hydrogens is 194 g/mol. The Bertz CT molecular complexity index is 206. The summed E-state index contributed by atoms with van der Waals surface area (Å²) in [6.45, 7) is 7.05. The number of carbonyl (C=O) groups excluding carboxylic acids is 1. The van der Waals surface area contributed by atoms with Crippen molar-refractivity contribution in [3.8, 4) is 0 Å². The van der Waals surface area contributed by atoms with Crippen LogP contribution in [0.25, 0.3) is 0 Å². The Morgan fingerprint density at radius 1 is 1.60 bits per heavy atom. The zero-order chi connectivity index (χ0) is 11.3. The molecule has 1 fully saturated rings. The lowest BCUT2D eigenvalue weighted by molar-refractivity contribution is -0.142. The number of methoxy groups -OCH3 is 1. The quantitative estimate of drug-likeness (QED) is 0.657. The summed E-state index contributed by atoms with van der Waals surface area (Å²) >= 11 is 0. The van der Waals surface area contributed by atoms with Crippen molar-refractivity contribution in [1.29, 1.82) is 0 Å². The third-order valence-corrected chi connectivity index (χ3v) is 2.80. The number of ether oxygens (including phenoxy) is 2. The fourth-order valence-electron chi connectivity index (χ4n) is 1.77. The molecule has 1 unspecified atom stereocenters. The van der Waals surface area contributed by atoms with Gasteiger partial charge in [-0.15, -0.1) is 0 Å². The highest BCUT2D eigenvalue weighted by Crippen LogP contribution is 2.13. The van der Waals surface area contributed by atoms with Crippen molar-refractivity contribution >= 4 is 5.97 Å². The second-order valence-electron chi connectivity index (χ2n) is 4.20. The van der Waals surface area contributed by atoms with Crippen LogP contribution < -0.4 is 0 Å². The smallest absolute Gasteiger partial charge is 0.305 e. The predicted octanol–water partition coefficient (Wildman–Crippen LogP) is 1.05. The van der Waals surface area contributed by atoms with Crippen LogP contribution >= 0.6 is 0 Å². The van der Waals surface area contributed by atoms with Gasteiger partial charge in [-0.25, -0.2) is 0 Å². The first-order chi connectivity index (χ1) is 7.13. The van der Waals surface area contributed by atoms with Gasteiger partial charge in [-0.2, -0.15) is 0 Å². The molecule has 0 amide bonds. The van der Waals surface area contributed by atoms with Crippen LogP contribution in [0.2, 0.25) is 0 Å². The largest absolute Gasteiger partial charge is 0.469 e. The molecule has 1 heterocycles. The molecule has 1 aliphatic rings. The molecule has 15 heavy (non-hydrogen) atoms. The average Bonchev–Trinajstić information content (AvgIpc) is 2.26. The first kappa shape index (κ1) is 12.5. The van der Waals surface area contributed by atoms with Crippen molar-refractivity contribution in [2.45, 2.75) is 38.8 Å². The van der Waals surface area contributed by atoms with Crippen LogP contribution in [0.4, 0.5) is 0 Å². The number of hydrogen-bond donors (Lipinski definition) is 0. The number of hydrogen-bond acceptors (Lipinski definition) is 4. The highest BCUT2D eigenvalue weighted by molar-refractivity contribution is 5.69. The zero-order valence-corrected chi connectivity index (χ0v) is 9.86. The van der Waals surface area contributed by atoms with Gasteiger partial charge in [0.1, 0.15) is 0 Å². The highest BCUT2D eigenvalue weighted by atomic mass is 16.5. The molecule has 1 atom stereocenters. The second-order valence-corrected chi connectivity index (χ2v) is 4.20. The molecule has 0 aromatic rings. The van der Waals surface area contributed by atoms with Crippen LogP contribution in [0.3, 0.4) is 0 Å². The van der Waals surface area contributed by atoms with Crippen LogP contribution in [-0.2, 0) is 14.3 Å². The molecule has 0 aromatic carbocycles. The molecule has 1 saturated heterocycles. The van der Waals surface area contributed by atoms with Crippen LogP contribution in [0.15, 0.2) is 0 Å². The molecule has 1 aliphatic heterocycles. The fourth-order valence-corrected chi connectivity index (χ4v) is 1.77. The van der Waals surface area contributed by atoms with Crippen molar-refractivity contribution in [1.82, 2.24) is 4.90 Å². The van der Waals surface area contributed by atoms with Crippen LogP contribution in [0, 0.1) is 0 Å². The maximum Gasteiger partial charge on any atom is 0.305 e. The lowest BCUT2D eigenvalue weighted by Crippen LogP contribution is -2.45. The number of nitrogens with zero attached hydrogens (tertiary/aromatic N) is 1. The Morgan fingerprint density at radius 3 is 2.93 bits per heavy atom. The van der Waals surface area contributed by atoms with Gasteiger partial charge in [-0.1, -0.05) is 0 Å². The van der Waals surface area contributed by atoms with Gasteiger partial charge in [0.15, 0.2) is 0 Å². The SMILES string of the molecule is COC(=O)CCC1CN(C(C)C)CCO1. The molecule has 0 saturated carbocycles. The van der Waals surface area contributed by atoms with Gasteiger partial charge in [0.2, 0.25) is 0 Å². The number of morpholine rings is 1. The Balaban J connectivity index is 2.27. The van der Waals surface area contributed by atoms with Gasteiger partial charge >= 0.3 is 5.97 Å². The van der Waals surface area contributed by atoms with Gasteiger partial charge < -0.3 is 9.47 Å². The molecular formula is C11H21NO3. The molecule has 4 nitrogen and oxygen atoms in total. The summed E-state index contributed by atoms with van der Waals surface area (Å²) in [6, 6.07) is 0.550. The van der Waals surface area contributed by atoms with Gasteiger partial charge in [0.25, 0.3) is 0 Å². The first-order valence-corrected chi connectivity index (χ1v) is 5.56. The number of esters is 1. The van der Waals surface area contributed by atoms with E-state index in [1.165, 1.54) is 7.11 Å². The normalized spacial score (nSPS) is 23.1. The number of carbonyl (C=O) groups is 1. The van der Waals surface area contributed by atoms with Gasteiger partial charge in [0, 0.05) is 25.6 Å². The van der Waals surface area contributed by atoms with E-state index in [0.717, 1.165) is 26.1 Å². The van der Waals surface area contributed by atoms with Crippen LogP contribution in [-0.4, -0.2) is 49.8 Å². The van der Waals surface area contributed by atoms with Crippen molar-refractivity contribution in [3.05, 3.63) is 0 Å². The Hall–Kier alpha value is -0.610. The highest BCUT2D eigenvalue weighted by Gasteiger charge is 2.22. The molecule has 88 valence electrons. The summed E-state index contributed by atoms with van der Waals surface area (Å²) in [5.41, 5.74) is 0. The Morgan fingerprint density at radius 2 is 2.33 bits per heavy atom. The van der Waals surface area contributed by atoms with E-state index in [4.69, 9.17) is 4.74 Å². The van der Waals surface area contributed by atoms with Gasteiger partial charge in [-0.05, 0) is 20.3 Å². The minimum Gasteiger partial charge on any atom is -0.469 e. The maximum atomic E-state index is 11.0. The van der Waals surface area contributed by atoms with Gasteiger partial charge in [0.05, 0.1) is 19.8 Å². The maximum absolute atomic E-state index is 11.0. The van der Waals surface area contributed by atoms with E-state index in [0.29, 0.717) is 12.5 Å². The molecule has 0 aromatic heterocycles. The first-order valence-electron chi connectivity index (χ1n) is 5.56. The Kier molecular flexibility index (Phi) is 5.05. The van der Waals surface area contributed by atoms with E-state index in [2.05, 4.69) is 23.5 Å². The lowest BCUT2D eigenvalue weighted by atomic mass is 10.1. The molecule has 0 radical (unpaired) electrons. The van der Waals surface area contributed by atoms with E-state index >= 15 is 0 Å². The van der Waals surface area contributed by atoms with Crippen LogP contribution in [0.5, 0.6) is 0 Å². The van der Waals surface area contributed by atoms with Crippen molar-refractivity contribution in [3.63, 3.8) is 0 Å². The molecule has 1 rings (SSSR count). The summed E-state index contributed by atoms with van der Waals surface area (Å²) in [7, 11) is 1.42. The van der Waals surface area contributed by atoms with Crippen molar-refractivity contribution < 1.29 is 14.3 Å². The second kappa shape index (κ2) is 6.08. The number of rotatable bonds is 4. The van der Waals surface area contributed by atoms with Crippen LogP contribution in [0.1, 0.15) is 26.7 Å². The van der Waals surface area contributed by atoms with Crippen molar-refractivity contribution in [2.24, 2.45) is 0 Å². The summed E-state index contributed by atoms with van der Waals surface area (Å²) in [6.07, 6.45) is 1.39. The third kappa shape index (κ3) is 4.18. The van der Waals surface area contributed by atoms with E-state index in [9.17, 15) is 4.79 Å². The predicted molar refractivity (Wildman–Crippen MR) is 57.7 cm³/mol. The van der Waals surface area contributed by atoms with E-state index in [-0.39, 0.29) is 12.1 Å². The summed E-state index contributed by atoms with van der Waals surface area (Å²) in [4.78, 5) is 13.4. The molecule has 0 spiro atoms. The summed E-state index contributed by atoms with van der Waals surface area (Å²) in [5.74, 6) is -0.153. The Labute approximate surface area is 91.5 Å². The van der Waals surface area contributed by atoms with Gasteiger partial charge in [-0.3, -0.25) is 9.69 Å². The summed E-state index contributed by atoms with van der Waals surface area (Å²) in [5, 5.41) is 0. The topological polar surface area (TPSA) is 38.8 Å². The standard InChI is InChI=1S/C11H21NO3/c1-9(2)12-6-7-15-10(8-12)4-5-11(13)14-3/h9-10H,4-8H2,1-3H3. The summed E-state index contributed by atoms with van der Waals surface area (Å²) < 4.78 is 10.2. The van der Waals surface area contributed by atoms with E-state index < -0.39 is 0 Å². The lowest BCUT2D eigenvalue weighted by Gasteiger charge is -2.35. The zero-order valence-electron chi connectivity index (χ0n) is 9.86. The minimum absolute atomic E-state index is 0.153. The molecule has 0 N–H and O–H groups in total. The van der Waals surface area contributed by atoms with E-state index in [1.807, 2.05) is 0 Å². The molecule has 4 heteroatoms.